The first-order chi connectivity index (χ1) is 13.4. The number of nitrogens with one attached hydrogen (secondary N) is 3. The van der Waals surface area contributed by atoms with Gasteiger partial charge < -0.3 is 15.5 Å². The zero-order valence-electron chi connectivity index (χ0n) is 17.8. The molecule has 0 aliphatic carbocycles. The Morgan fingerprint density at radius 1 is 1.10 bits per heavy atom. The topological polar surface area (TPSA) is 85.8 Å². The lowest BCUT2D eigenvalue weighted by Crippen LogP contribution is -2.43. The van der Waals surface area contributed by atoms with Crippen molar-refractivity contribution in [2.24, 2.45) is 4.99 Å². The number of rotatable bonds is 9. The molecule has 166 valence electrons. The van der Waals surface area contributed by atoms with Crippen LogP contribution < -0.4 is 15.4 Å². The summed E-state index contributed by atoms with van der Waals surface area (Å²) < 4.78 is 27.7. The number of benzene rings is 1. The normalized spacial score (nSPS) is 15.6. The number of nitrogens with zero attached hydrogens (tertiary/aromatic N) is 2. The average molecular weight is 538 g/mol. The monoisotopic (exact) mass is 537 g/mol. The van der Waals surface area contributed by atoms with E-state index in [-0.39, 0.29) is 30.5 Å². The Morgan fingerprint density at radius 3 is 2.52 bits per heavy atom. The van der Waals surface area contributed by atoms with Crippen LogP contribution in [0, 0.1) is 13.8 Å². The molecule has 1 fully saturated rings. The molecule has 1 aromatic rings. The van der Waals surface area contributed by atoms with Crippen LogP contribution in [0.2, 0.25) is 0 Å². The maximum absolute atomic E-state index is 12.5. The van der Waals surface area contributed by atoms with Crippen LogP contribution in [0.4, 0.5) is 0 Å². The molecular weight excluding hydrogens is 501 g/mol. The van der Waals surface area contributed by atoms with Crippen molar-refractivity contribution >= 4 is 40.0 Å². The number of likely N-dealkylation sites (tertiary alicyclic amines) is 1. The molecule has 2 rings (SSSR count). The summed E-state index contributed by atoms with van der Waals surface area (Å²) in [6.45, 7) is 11.3. The first-order valence-electron chi connectivity index (χ1n) is 10.2. The second-order valence-electron chi connectivity index (χ2n) is 7.26. The minimum Gasteiger partial charge on any atom is -0.357 e. The van der Waals surface area contributed by atoms with Crippen LogP contribution in [0.25, 0.3) is 0 Å². The minimum atomic E-state index is -3.52. The summed E-state index contributed by atoms with van der Waals surface area (Å²) in [7, 11) is -3.52. The molecule has 0 aromatic heterocycles. The van der Waals surface area contributed by atoms with Crippen molar-refractivity contribution in [3.05, 3.63) is 29.3 Å². The minimum absolute atomic E-state index is 0. The number of guanidine groups is 1. The SMILES string of the molecule is CCNC(=NCCNS(=O)(=O)c1cc(C)ccc1C)NCCN1CCCCC1.I. The van der Waals surface area contributed by atoms with Crippen LogP contribution in [0.5, 0.6) is 0 Å². The van der Waals surface area contributed by atoms with Gasteiger partial charge in [0.25, 0.3) is 0 Å². The van der Waals surface area contributed by atoms with Crippen LogP contribution >= 0.6 is 24.0 Å². The third-order valence-electron chi connectivity index (χ3n) is 4.82. The van der Waals surface area contributed by atoms with Crippen molar-refractivity contribution in [2.75, 3.05) is 45.8 Å². The van der Waals surface area contributed by atoms with Gasteiger partial charge in [-0.2, -0.15) is 0 Å². The highest BCUT2D eigenvalue weighted by Crippen LogP contribution is 2.16. The summed E-state index contributed by atoms with van der Waals surface area (Å²) in [6, 6.07) is 5.45. The Balaban J connectivity index is 0.00000420. The Morgan fingerprint density at radius 2 is 1.83 bits per heavy atom. The van der Waals surface area contributed by atoms with Crippen molar-refractivity contribution < 1.29 is 8.42 Å². The zero-order chi connectivity index (χ0) is 20.4. The summed E-state index contributed by atoms with van der Waals surface area (Å²) in [4.78, 5) is 7.29. The van der Waals surface area contributed by atoms with Crippen molar-refractivity contribution in [2.45, 2.75) is 44.9 Å². The number of halogens is 1. The van der Waals surface area contributed by atoms with Gasteiger partial charge in [0.2, 0.25) is 10.0 Å². The molecule has 1 aliphatic heterocycles. The first-order valence-corrected chi connectivity index (χ1v) is 11.7. The second kappa shape index (κ2) is 13.4. The molecule has 0 amide bonds. The predicted molar refractivity (Wildman–Crippen MR) is 131 cm³/mol. The Labute approximate surface area is 193 Å². The second-order valence-corrected chi connectivity index (χ2v) is 8.99. The zero-order valence-corrected chi connectivity index (χ0v) is 21.0. The van der Waals surface area contributed by atoms with E-state index in [4.69, 9.17) is 0 Å². The van der Waals surface area contributed by atoms with Gasteiger partial charge in [-0.1, -0.05) is 18.6 Å². The van der Waals surface area contributed by atoms with E-state index in [0.717, 1.165) is 36.7 Å². The van der Waals surface area contributed by atoms with E-state index in [1.165, 1.54) is 32.4 Å². The molecule has 1 aromatic carbocycles. The van der Waals surface area contributed by atoms with E-state index < -0.39 is 10.0 Å². The van der Waals surface area contributed by atoms with E-state index in [1.807, 2.05) is 32.9 Å². The fourth-order valence-electron chi connectivity index (χ4n) is 3.28. The predicted octanol–water partition coefficient (Wildman–Crippen LogP) is 2.24. The van der Waals surface area contributed by atoms with Gasteiger partial charge in [-0.3, -0.25) is 4.99 Å². The third-order valence-corrected chi connectivity index (χ3v) is 6.42. The summed E-state index contributed by atoms with van der Waals surface area (Å²) in [6.07, 6.45) is 3.91. The van der Waals surface area contributed by atoms with Gasteiger partial charge >= 0.3 is 0 Å². The number of hydrogen-bond acceptors (Lipinski definition) is 4. The number of aryl methyl sites for hydroxylation is 2. The highest BCUT2D eigenvalue weighted by atomic mass is 127. The summed E-state index contributed by atoms with van der Waals surface area (Å²) in [5.41, 5.74) is 1.67. The van der Waals surface area contributed by atoms with Crippen molar-refractivity contribution in [3.63, 3.8) is 0 Å². The standard InChI is InChI=1S/C20H35N5O2S.HI/c1-4-21-20(23-12-15-25-13-6-5-7-14-25)22-10-11-24-28(26,27)19-16-17(2)8-9-18(19)3;/h8-9,16,24H,4-7,10-15H2,1-3H3,(H2,21,22,23);1H. The Kier molecular flexibility index (Phi) is 12.1. The number of sulfonamides is 1. The van der Waals surface area contributed by atoms with E-state index in [2.05, 4.69) is 25.2 Å². The molecule has 29 heavy (non-hydrogen) atoms. The number of aliphatic imine (C=N–C) groups is 1. The van der Waals surface area contributed by atoms with Gasteiger partial charge in [0.15, 0.2) is 5.96 Å². The first kappa shape index (κ1) is 26.1. The van der Waals surface area contributed by atoms with Crippen LogP contribution in [0.3, 0.4) is 0 Å². The van der Waals surface area contributed by atoms with Gasteiger partial charge in [0.05, 0.1) is 11.4 Å². The lowest BCUT2D eigenvalue weighted by atomic mass is 10.1. The molecule has 0 spiro atoms. The summed E-state index contributed by atoms with van der Waals surface area (Å²) >= 11 is 0. The maximum Gasteiger partial charge on any atom is 0.240 e. The van der Waals surface area contributed by atoms with Gasteiger partial charge in [0.1, 0.15) is 0 Å². The molecule has 0 radical (unpaired) electrons. The molecule has 1 aliphatic rings. The van der Waals surface area contributed by atoms with Gasteiger partial charge in [-0.25, -0.2) is 13.1 Å². The van der Waals surface area contributed by atoms with Crippen LogP contribution in [0.1, 0.15) is 37.3 Å². The molecule has 1 heterocycles. The molecule has 7 nitrogen and oxygen atoms in total. The molecule has 1 saturated heterocycles. The van der Waals surface area contributed by atoms with E-state index >= 15 is 0 Å². The lowest BCUT2D eigenvalue weighted by molar-refractivity contribution is 0.232. The van der Waals surface area contributed by atoms with Crippen molar-refractivity contribution in [1.82, 2.24) is 20.3 Å². The molecule has 9 heteroatoms. The molecule has 0 unspecified atom stereocenters. The summed E-state index contributed by atoms with van der Waals surface area (Å²) in [5.74, 6) is 0.727. The highest BCUT2D eigenvalue weighted by Gasteiger charge is 2.16. The van der Waals surface area contributed by atoms with Gasteiger partial charge in [0, 0.05) is 26.2 Å². The average Bonchev–Trinajstić information content (AvgIpc) is 2.68. The Hall–Kier alpha value is -0.910. The molecule has 0 atom stereocenters. The van der Waals surface area contributed by atoms with Crippen LogP contribution in [0.15, 0.2) is 28.1 Å². The lowest BCUT2D eigenvalue weighted by Gasteiger charge is -2.26. The Bertz CT molecular complexity index is 749. The maximum atomic E-state index is 12.5. The number of piperidine rings is 1. The quantitative estimate of drug-likeness (QED) is 0.195. The molecule has 0 saturated carbocycles. The molecule has 0 bridgehead atoms. The summed E-state index contributed by atoms with van der Waals surface area (Å²) in [5, 5.41) is 6.54. The fraction of sp³-hybridized carbons (Fsp3) is 0.650. The third kappa shape index (κ3) is 9.18. The van der Waals surface area contributed by atoms with Crippen LogP contribution in [-0.4, -0.2) is 65.1 Å². The van der Waals surface area contributed by atoms with Gasteiger partial charge in [-0.15, -0.1) is 24.0 Å². The highest BCUT2D eigenvalue weighted by molar-refractivity contribution is 14.0. The van der Waals surface area contributed by atoms with Crippen LogP contribution in [-0.2, 0) is 10.0 Å². The molecule has 3 N–H and O–H groups in total. The number of hydrogen-bond donors (Lipinski definition) is 3. The smallest absolute Gasteiger partial charge is 0.240 e. The molecular formula is C20H36IN5O2S. The fourth-order valence-corrected chi connectivity index (χ4v) is 4.63. The van der Waals surface area contributed by atoms with Crippen molar-refractivity contribution in [1.29, 1.82) is 0 Å². The van der Waals surface area contributed by atoms with E-state index in [1.54, 1.807) is 6.07 Å². The van der Waals surface area contributed by atoms with E-state index in [9.17, 15) is 8.42 Å². The largest absolute Gasteiger partial charge is 0.357 e. The van der Waals surface area contributed by atoms with Gasteiger partial charge in [-0.05, 0) is 63.9 Å². The van der Waals surface area contributed by atoms with E-state index in [0.29, 0.717) is 11.4 Å². The van der Waals surface area contributed by atoms with Crippen molar-refractivity contribution in [3.8, 4) is 0 Å².